The molecule has 4 rings (SSSR count). The fourth-order valence-electron chi connectivity index (χ4n) is 4.15. The average Bonchev–Trinajstić information content (AvgIpc) is 2.73. The van der Waals surface area contributed by atoms with E-state index in [9.17, 15) is 27.6 Å². The number of aromatic amines is 1. The maximum absolute atomic E-state index is 14.5. The molecule has 32 heavy (non-hydrogen) atoms. The molecule has 10 heteroatoms. The largest absolute Gasteiger partial charge is 0.336 e. The van der Waals surface area contributed by atoms with Crippen LogP contribution in [-0.4, -0.2) is 63.4 Å². The quantitative estimate of drug-likeness (QED) is 0.777. The van der Waals surface area contributed by atoms with Crippen molar-refractivity contribution in [3.63, 3.8) is 0 Å². The summed E-state index contributed by atoms with van der Waals surface area (Å²) in [7, 11) is 0. The lowest BCUT2D eigenvalue weighted by Gasteiger charge is -2.45. The molecular weight excluding hydrogens is 425 g/mol. The third kappa shape index (κ3) is 4.13. The molecule has 1 aromatic heterocycles. The van der Waals surface area contributed by atoms with Crippen molar-refractivity contribution in [1.29, 1.82) is 0 Å². The number of H-pyrrole nitrogens is 1. The van der Waals surface area contributed by atoms with Crippen LogP contribution in [0.4, 0.5) is 13.2 Å². The van der Waals surface area contributed by atoms with Gasteiger partial charge in [0.2, 0.25) is 5.91 Å². The number of alkyl halides is 2. The van der Waals surface area contributed by atoms with Crippen LogP contribution in [0.3, 0.4) is 0 Å². The summed E-state index contributed by atoms with van der Waals surface area (Å²) >= 11 is 0. The summed E-state index contributed by atoms with van der Waals surface area (Å²) in [5, 5.41) is 6.47. The third-order valence-corrected chi connectivity index (χ3v) is 6.31. The minimum atomic E-state index is -2.74. The van der Waals surface area contributed by atoms with Gasteiger partial charge in [-0.05, 0) is 37.1 Å². The molecule has 2 heterocycles. The number of aromatic nitrogens is 2. The first-order valence-corrected chi connectivity index (χ1v) is 10.4. The second-order valence-corrected chi connectivity index (χ2v) is 8.47. The maximum atomic E-state index is 14.5. The summed E-state index contributed by atoms with van der Waals surface area (Å²) in [5.74, 6) is -4.49. The molecule has 1 saturated heterocycles. The van der Waals surface area contributed by atoms with Crippen LogP contribution in [0.5, 0.6) is 0 Å². The van der Waals surface area contributed by atoms with Crippen LogP contribution < -0.4 is 5.56 Å². The fraction of sp³-hybridized carbons (Fsp3) is 0.455. The zero-order valence-corrected chi connectivity index (χ0v) is 17.8. The molecule has 170 valence electrons. The van der Waals surface area contributed by atoms with Crippen molar-refractivity contribution < 1.29 is 22.8 Å². The van der Waals surface area contributed by atoms with Crippen molar-refractivity contribution in [1.82, 2.24) is 20.0 Å². The molecule has 1 aliphatic heterocycles. The van der Waals surface area contributed by atoms with E-state index in [1.807, 2.05) is 0 Å². The Kier molecular flexibility index (Phi) is 5.56. The Labute approximate surface area is 182 Å². The minimum absolute atomic E-state index is 0.145. The minimum Gasteiger partial charge on any atom is -0.336 e. The summed E-state index contributed by atoms with van der Waals surface area (Å²) in [4.78, 5) is 39.7. The van der Waals surface area contributed by atoms with Crippen molar-refractivity contribution in [2.75, 3.05) is 19.6 Å². The van der Waals surface area contributed by atoms with Crippen molar-refractivity contribution in [2.24, 2.45) is 0 Å². The van der Waals surface area contributed by atoms with Crippen molar-refractivity contribution in [3.05, 3.63) is 62.3 Å². The van der Waals surface area contributed by atoms with Crippen LogP contribution in [0.1, 0.15) is 45.6 Å². The van der Waals surface area contributed by atoms with Gasteiger partial charge in [-0.2, -0.15) is 5.10 Å². The van der Waals surface area contributed by atoms with E-state index in [1.165, 1.54) is 28.0 Å². The first-order valence-electron chi connectivity index (χ1n) is 10.4. The predicted molar refractivity (Wildman–Crippen MR) is 109 cm³/mol. The molecule has 0 unspecified atom stereocenters. The van der Waals surface area contributed by atoms with E-state index in [0.717, 1.165) is 0 Å². The van der Waals surface area contributed by atoms with Gasteiger partial charge in [0, 0.05) is 44.0 Å². The Hall–Kier alpha value is -3.17. The summed E-state index contributed by atoms with van der Waals surface area (Å²) < 4.78 is 40.7. The molecular formula is C22H23F3N4O3. The van der Waals surface area contributed by atoms with Crippen LogP contribution in [0, 0.1) is 19.7 Å². The number of hydrogen-bond acceptors (Lipinski definition) is 4. The Morgan fingerprint density at radius 2 is 1.91 bits per heavy atom. The molecule has 2 aromatic rings. The molecule has 2 amide bonds. The second-order valence-electron chi connectivity index (χ2n) is 8.47. The summed E-state index contributed by atoms with van der Waals surface area (Å²) in [6.45, 7) is 3.47. The predicted octanol–water partition coefficient (Wildman–Crippen LogP) is 2.20. The lowest BCUT2D eigenvalue weighted by Crippen LogP contribution is -2.60. The number of benzene rings is 1. The van der Waals surface area contributed by atoms with Gasteiger partial charge in [-0.1, -0.05) is 6.07 Å². The Balaban J connectivity index is 1.48. The zero-order chi connectivity index (χ0) is 23.2. The number of halogens is 3. The van der Waals surface area contributed by atoms with Crippen LogP contribution in [-0.2, 0) is 11.2 Å². The Morgan fingerprint density at radius 3 is 2.56 bits per heavy atom. The van der Waals surface area contributed by atoms with Crippen LogP contribution in [0.2, 0.25) is 0 Å². The lowest BCUT2D eigenvalue weighted by molar-refractivity contribution is -0.157. The summed E-state index contributed by atoms with van der Waals surface area (Å²) in [6.07, 6.45) is -0.436. The standard InChI is InChI=1S/C22H23F3N4O3/c1-12-13(2)20(31)27-26-18(12)8-14-3-4-17(23)16(7-14)21(32)28-5-6-29(19(30)11-28)15-9-22(24,25)10-15/h3-4,7,15H,5-6,8-11H2,1-2H3,(H,27,31). The highest BCUT2D eigenvalue weighted by molar-refractivity contribution is 5.97. The van der Waals surface area contributed by atoms with Gasteiger partial charge in [0.15, 0.2) is 0 Å². The third-order valence-electron chi connectivity index (χ3n) is 6.31. The Morgan fingerprint density at radius 1 is 1.19 bits per heavy atom. The highest BCUT2D eigenvalue weighted by Gasteiger charge is 2.50. The molecule has 0 bridgehead atoms. The molecule has 1 N–H and O–H groups in total. The number of nitrogens with zero attached hydrogens (tertiary/aromatic N) is 3. The van der Waals surface area contributed by atoms with Gasteiger partial charge < -0.3 is 9.80 Å². The lowest BCUT2D eigenvalue weighted by atomic mass is 9.86. The van der Waals surface area contributed by atoms with Gasteiger partial charge in [0.05, 0.1) is 11.3 Å². The highest BCUT2D eigenvalue weighted by atomic mass is 19.3. The Bertz CT molecular complexity index is 1140. The van der Waals surface area contributed by atoms with E-state index < -0.39 is 29.6 Å². The van der Waals surface area contributed by atoms with Crippen LogP contribution in [0.15, 0.2) is 23.0 Å². The first kappa shape index (κ1) is 22.0. The normalized spacial score (nSPS) is 18.6. The average molecular weight is 448 g/mol. The number of nitrogens with one attached hydrogen (secondary N) is 1. The SMILES string of the molecule is Cc1c(Cc2ccc(F)c(C(=O)N3CCN(C4CC(F)(F)C4)C(=O)C3)c2)n[nH]c(=O)c1C. The van der Waals surface area contributed by atoms with E-state index in [2.05, 4.69) is 10.2 Å². The van der Waals surface area contributed by atoms with E-state index in [0.29, 0.717) is 22.4 Å². The number of amides is 2. The molecule has 1 saturated carbocycles. The van der Waals surface area contributed by atoms with Gasteiger partial charge >= 0.3 is 0 Å². The molecule has 2 fully saturated rings. The van der Waals surface area contributed by atoms with Crippen LogP contribution in [0.25, 0.3) is 0 Å². The van der Waals surface area contributed by atoms with Crippen molar-refractivity contribution in [3.8, 4) is 0 Å². The molecule has 0 radical (unpaired) electrons. The number of piperazine rings is 1. The molecule has 2 aliphatic rings. The first-order chi connectivity index (χ1) is 15.1. The number of hydrogen-bond donors (Lipinski definition) is 1. The van der Waals surface area contributed by atoms with Gasteiger partial charge in [0.1, 0.15) is 12.4 Å². The summed E-state index contributed by atoms with van der Waals surface area (Å²) in [6, 6.07) is 3.63. The smallest absolute Gasteiger partial charge is 0.267 e. The maximum Gasteiger partial charge on any atom is 0.267 e. The summed E-state index contributed by atoms with van der Waals surface area (Å²) in [5.41, 5.74) is 2.03. The highest BCUT2D eigenvalue weighted by Crippen LogP contribution is 2.40. The zero-order valence-electron chi connectivity index (χ0n) is 17.8. The fourth-order valence-corrected chi connectivity index (χ4v) is 4.15. The number of carbonyl (C=O) groups is 2. The van der Waals surface area contributed by atoms with E-state index in [-0.39, 0.29) is 50.0 Å². The molecule has 0 atom stereocenters. The van der Waals surface area contributed by atoms with Crippen LogP contribution >= 0.6 is 0 Å². The van der Waals surface area contributed by atoms with Crippen molar-refractivity contribution >= 4 is 11.8 Å². The van der Waals surface area contributed by atoms with Gasteiger partial charge in [-0.15, -0.1) is 0 Å². The van der Waals surface area contributed by atoms with Crippen molar-refractivity contribution in [2.45, 2.75) is 45.1 Å². The molecule has 0 spiro atoms. The second kappa shape index (κ2) is 8.07. The molecule has 1 aliphatic carbocycles. The van der Waals surface area contributed by atoms with E-state index in [4.69, 9.17) is 0 Å². The number of rotatable bonds is 4. The number of carbonyl (C=O) groups excluding carboxylic acids is 2. The monoisotopic (exact) mass is 448 g/mol. The topological polar surface area (TPSA) is 86.4 Å². The van der Waals surface area contributed by atoms with Gasteiger partial charge in [-0.3, -0.25) is 14.4 Å². The molecule has 1 aromatic carbocycles. The van der Waals surface area contributed by atoms with E-state index >= 15 is 0 Å². The van der Waals surface area contributed by atoms with Gasteiger partial charge in [-0.25, -0.2) is 18.3 Å². The van der Waals surface area contributed by atoms with E-state index in [1.54, 1.807) is 13.8 Å². The molecule has 7 nitrogen and oxygen atoms in total. The van der Waals surface area contributed by atoms with Gasteiger partial charge in [0.25, 0.3) is 17.4 Å².